The number of hydrogen-bond acceptors (Lipinski definition) is 2. The van der Waals surface area contributed by atoms with Gasteiger partial charge in [-0.2, -0.15) is 0 Å². The molecular formula is C14H20BrFN2. The van der Waals surface area contributed by atoms with Gasteiger partial charge in [0, 0.05) is 23.6 Å². The third kappa shape index (κ3) is 3.53. The topological polar surface area (TPSA) is 29.3 Å². The zero-order chi connectivity index (χ0) is 13.1. The van der Waals surface area contributed by atoms with Crippen LogP contribution in [0.1, 0.15) is 25.3 Å². The minimum atomic E-state index is -0.172. The molecule has 1 aromatic rings. The second-order valence-electron chi connectivity index (χ2n) is 5.23. The van der Waals surface area contributed by atoms with E-state index in [2.05, 4.69) is 27.8 Å². The summed E-state index contributed by atoms with van der Waals surface area (Å²) in [6, 6.07) is 5.11. The van der Waals surface area contributed by atoms with Crippen molar-refractivity contribution in [3.63, 3.8) is 0 Å². The monoisotopic (exact) mass is 314 g/mol. The van der Waals surface area contributed by atoms with Crippen LogP contribution in [-0.2, 0) is 6.54 Å². The molecule has 1 aliphatic rings. The van der Waals surface area contributed by atoms with Crippen LogP contribution in [0.5, 0.6) is 0 Å². The van der Waals surface area contributed by atoms with Gasteiger partial charge in [-0.1, -0.05) is 15.9 Å². The molecule has 0 spiro atoms. The normalized spacial score (nSPS) is 23.0. The molecule has 4 heteroatoms. The average Bonchev–Trinajstić information content (AvgIpc) is 2.34. The van der Waals surface area contributed by atoms with E-state index >= 15 is 0 Å². The van der Waals surface area contributed by atoms with Crippen LogP contribution in [0.3, 0.4) is 0 Å². The number of benzene rings is 1. The van der Waals surface area contributed by atoms with E-state index in [1.165, 1.54) is 18.9 Å². The quantitative estimate of drug-likeness (QED) is 0.928. The Labute approximate surface area is 116 Å². The molecule has 1 aliphatic heterocycles. The number of nitrogens with zero attached hydrogens (tertiary/aromatic N) is 1. The third-order valence-electron chi connectivity index (χ3n) is 3.69. The minimum Gasteiger partial charge on any atom is -0.328 e. The molecule has 0 amide bonds. The van der Waals surface area contributed by atoms with Crippen molar-refractivity contribution < 1.29 is 4.39 Å². The molecule has 0 radical (unpaired) electrons. The first kappa shape index (κ1) is 14.0. The van der Waals surface area contributed by atoms with E-state index in [4.69, 9.17) is 5.73 Å². The van der Waals surface area contributed by atoms with Crippen molar-refractivity contribution in [2.75, 3.05) is 13.1 Å². The van der Waals surface area contributed by atoms with E-state index in [9.17, 15) is 4.39 Å². The van der Waals surface area contributed by atoms with Gasteiger partial charge >= 0.3 is 0 Å². The molecule has 1 heterocycles. The van der Waals surface area contributed by atoms with Gasteiger partial charge in [0.2, 0.25) is 0 Å². The van der Waals surface area contributed by atoms with Crippen LogP contribution in [0.15, 0.2) is 22.7 Å². The third-order valence-corrected chi connectivity index (χ3v) is 4.46. The Kier molecular flexibility index (Phi) is 4.76. The molecule has 1 saturated heterocycles. The lowest BCUT2D eigenvalue weighted by Gasteiger charge is -2.34. The number of halogens is 2. The highest BCUT2D eigenvalue weighted by molar-refractivity contribution is 9.10. The first-order chi connectivity index (χ1) is 8.56. The molecule has 100 valence electrons. The predicted octanol–water partition coefficient (Wildman–Crippen LogP) is 3.15. The fraction of sp³-hybridized carbons (Fsp3) is 0.571. The van der Waals surface area contributed by atoms with Crippen molar-refractivity contribution in [1.82, 2.24) is 4.90 Å². The van der Waals surface area contributed by atoms with Crippen LogP contribution >= 0.6 is 15.9 Å². The highest BCUT2D eigenvalue weighted by atomic mass is 79.9. The zero-order valence-electron chi connectivity index (χ0n) is 10.7. The number of hydrogen-bond donors (Lipinski definition) is 1. The Bertz CT molecular complexity index is 409. The van der Waals surface area contributed by atoms with Crippen LogP contribution in [0.2, 0.25) is 0 Å². The van der Waals surface area contributed by atoms with E-state index in [0.29, 0.717) is 5.92 Å². The van der Waals surface area contributed by atoms with Gasteiger partial charge in [0.25, 0.3) is 0 Å². The SMILES string of the molecule is CC(N)C1CCCN(Cc2cc(F)ccc2Br)C1. The number of nitrogens with two attached hydrogens (primary N) is 1. The molecule has 0 saturated carbocycles. The summed E-state index contributed by atoms with van der Waals surface area (Å²) in [4.78, 5) is 2.37. The van der Waals surface area contributed by atoms with Gasteiger partial charge in [0.15, 0.2) is 0 Å². The van der Waals surface area contributed by atoms with Crippen molar-refractivity contribution in [1.29, 1.82) is 0 Å². The van der Waals surface area contributed by atoms with Crippen LogP contribution < -0.4 is 5.73 Å². The zero-order valence-corrected chi connectivity index (χ0v) is 12.3. The van der Waals surface area contributed by atoms with E-state index in [1.807, 2.05) is 0 Å². The van der Waals surface area contributed by atoms with Gasteiger partial charge in [-0.3, -0.25) is 4.90 Å². The minimum absolute atomic E-state index is 0.172. The molecule has 1 aromatic carbocycles. The highest BCUT2D eigenvalue weighted by Crippen LogP contribution is 2.24. The molecule has 18 heavy (non-hydrogen) atoms. The van der Waals surface area contributed by atoms with Crippen LogP contribution in [0, 0.1) is 11.7 Å². The smallest absolute Gasteiger partial charge is 0.123 e. The summed E-state index contributed by atoms with van der Waals surface area (Å²) in [6.07, 6.45) is 2.39. The molecule has 2 unspecified atom stereocenters. The molecule has 1 fully saturated rings. The van der Waals surface area contributed by atoms with Crippen LogP contribution in [0.4, 0.5) is 4.39 Å². The number of piperidine rings is 1. The largest absolute Gasteiger partial charge is 0.328 e. The predicted molar refractivity (Wildman–Crippen MR) is 75.8 cm³/mol. The van der Waals surface area contributed by atoms with Gasteiger partial charge < -0.3 is 5.73 Å². The van der Waals surface area contributed by atoms with Crippen molar-refractivity contribution >= 4 is 15.9 Å². The molecule has 2 atom stereocenters. The van der Waals surface area contributed by atoms with Gasteiger partial charge in [-0.05, 0) is 56.0 Å². The Balaban J connectivity index is 2.02. The van der Waals surface area contributed by atoms with Gasteiger partial charge in [0.1, 0.15) is 5.82 Å². The Morgan fingerprint density at radius 1 is 1.56 bits per heavy atom. The van der Waals surface area contributed by atoms with E-state index < -0.39 is 0 Å². The first-order valence-electron chi connectivity index (χ1n) is 6.48. The number of rotatable bonds is 3. The summed E-state index contributed by atoms with van der Waals surface area (Å²) < 4.78 is 14.2. The first-order valence-corrected chi connectivity index (χ1v) is 7.27. The summed E-state index contributed by atoms with van der Waals surface area (Å²) in [7, 11) is 0. The molecule has 2 rings (SSSR count). The standard InChI is InChI=1S/C14H20BrFN2/c1-10(17)11-3-2-6-18(8-11)9-12-7-13(16)4-5-14(12)15/h4-5,7,10-11H,2-3,6,8-9,17H2,1H3. The maximum absolute atomic E-state index is 13.2. The lowest BCUT2D eigenvalue weighted by Crippen LogP contribution is -2.41. The molecular weight excluding hydrogens is 295 g/mol. The molecule has 0 bridgehead atoms. The molecule has 2 nitrogen and oxygen atoms in total. The van der Waals surface area contributed by atoms with E-state index in [-0.39, 0.29) is 11.9 Å². The van der Waals surface area contributed by atoms with Gasteiger partial charge in [-0.25, -0.2) is 4.39 Å². The average molecular weight is 315 g/mol. The van der Waals surface area contributed by atoms with Crippen molar-refractivity contribution in [2.24, 2.45) is 11.7 Å². The fourth-order valence-corrected chi connectivity index (χ4v) is 2.94. The lowest BCUT2D eigenvalue weighted by molar-refractivity contribution is 0.154. The Hall–Kier alpha value is -0.450. The molecule has 0 aromatic heterocycles. The lowest BCUT2D eigenvalue weighted by atomic mass is 9.92. The second-order valence-corrected chi connectivity index (χ2v) is 6.09. The molecule has 0 aliphatic carbocycles. The number of likely N-dealkylation sites (tertiary alicyclic amines) is 1. The van der Waals surface area contributed by atoms with Gasteiger partial charge in [-0.15, -0.1) is 0 Å². The summed E-state index contributed by atoms with van der Waals surface area (Å²) in [5.41, 5.74) is 7.00. The summed E-state index contributed by atoms with van der Waals surface area (Å²) in [5.74, 6) is 0.389. The van der Waals surface area contributed by atoms with Crippen molar-refractivity contribution in [3.8, 4) is 0 Å². The van der Waals surface area contributed by atoms with Crippen molar-refractivity contribution in [3.05, 3.63) is 34.1 Å². The Morgan fingerprint density at radius 3 is 3.06 bits per heavy atom. The highest BCUT2D eigenvalue weighted by Gasteiger charge is 2.23. The molecule has 2 N–H and O–H groups in total. The maximum Gasteiger partial charge on any atom is 0.123 e. The van der Waals surface area contributed by atoms with E-state index in [0.717, 1.165) is 29.7 Å². The van der Waals surface area contributed by atoms with Gasteiger partial charge in [0.05, 0.1) is 0 Å². The van der Waals surface area contributed by atoms with E-state index in [1.54, 1.807) is 12.1 Å². The summed E-state index contributed by atoms with van der Waals surface area (Å²) in [5, 5.41) is 0. The summed E-state index contributed by atoms with van der Waals surface area (Å²) in [6.45, 7) is 4.96. The Morgan fingerprint density at radius 2 is 2.33 bits per heavy atom. The summed E-state index contributed by atoms with van der Waals surface area (Å²) >= 11 is 3.48. The van der Waals surface area contributed by atoms with Crippen molar-refractivity contribution in [2.45, 2.75) is 32.4 Å². The maximum atomic E-state index is 13.2. The van der Waals surface area contributed by atoms with Crippen LogP contribution in [0.25, 0.3) is 0 Å². The van der Waals surface area contributed by atoms with Crippen LogP contribution in [-0.4, -0.2) is 24.0 Å². The second kappa shape index (κ2) is 6.13. The fourth-order valence-electron chi connectivity index (χ4n) is 2.57.